The molecule has 1 atom stereocenters. The molecule has 0 saturated carbocycles. The van der Waals surface area contributed by atoms with Crippen LogP contribution in [0.4, 0.5) is 14.9 Å². The number of anilines is 1. The van der Waals surface area contributed by atoms with E-state index in [1.807, 2.05) is 6.07 Å². The maximum absolute atomic E-state index is 14.7. The monoisotopic (exact) mass is 363 g/mol. The SMILES string of the molecule is C/C=C(\C#N)C(=O)N1CCC[C@@]2(C1)OC(=O)Nc1ccc(Cl)c(F)c12. The number of ether oxygens (including phenoxy) is 1. The van der Waals surface area contributed by atoms with Crippen molar-refractivity contribution in [3.8, 4) is 6.07 Å². The number of likely N-dealkylation sites (tertiary alicyclic amines) is 1. The number of nitriles is 1. The fraction of sp³-hybridized carbons (Fsp3) is 0.353. The molecule has 0 aromatic heterocycles. The first kappa shape index (κ1) is 17.2. The van der Waals surface area contributed by atoms with Crippen LogP contribution in [0.25, 0.3) is 0 Å². The van der Waals surface area contributed by atoms with Gasteiger partial charge in [0.05, 0.1) is 22.8 Å². The molecule has 2 heterocycles. The van der Waals surface area contributed by atoms with Gasteiger partial charge >= 0.3 is 6.09 Å². The molecule has 2 aliphatic rings. The Labute approximate surface area is 148 Å². The molecule has 0 aliphatic carbocycles. The van der Waals surface area contributed by atoms with Crippen LogP contribution in [0.5, 0.6) is 0 Å². The van der Waals surface area contributed by atoms with Crippen LogP contribution in [0.2, 0.25) is 5.02 Å². The zero-order valence-electron chi connectivity index (χ0n) is 13.4. The third-order valence-corrected chi connectivity index (χ3v) is 4.75. The highest BCUT2D eigenvalue weighted by molar-refractivity contribution is 6.31. The second-order valence-corrected chi connectivity index (χ2v) is 6.34. The van der Waals surface area contributed by atoms with E-state index in [1.54, 1.807) is 6.92 Å². The van der Waals surface area contributed by atoms with E-state index < -0.39 is 23.4 Å². The van der Waals surface area contributed by atoms with E-state index in [2.05, 4.69) is 5.32 Å². The number of hydrogen-bond acceptors (Lipinski definition) is 4. The number of halogens is 2. The number of nitrogens with one attached hydrogen (secondary N) is 1. The number of piperidine rings is 1. The summed E-state index contributed by atoms with van der Waals surface area (Å²) >= 11 is 5.90. The number of allylic oxidation sites excluding steroid dienone is 1. The van der Waals surface area contributed by atoms with E-state index in [4.69, 9.17) is 21.6 Å². The Bertz CT molecular complexity index is 833. The van der Waals surface area contributed by atoms with E-state index in [1.165, 1.54) is 23.1 Å². The number of amides is 2. The molecule has 2 aliphatic heterocycles. The Morgan fingerprint density at radius 3 is 3.00 bits per heavy atom. The zero-order valence-corrected chi connectivity index (χ0v) is 14.2. The number of fused-ring (bicyclic) bond motifs is 2. The molecule has 1 fully saturated rings. The summed E-state index contributed by atoms with van der Waals surface area (Å²) in [6, 6.07) is 4.71. The predicted molar refractivity (Wildman–Crippen MR) is 88.4 cm³/mol. The molecule has 3 rings (SSSR count). The van der Waals surface area contributed by atoms with Crippen LogP contribution in [0.15, 0.2) is 23.8 Å². The summed E-state index contributed by atoms with van der Waals surface area (Å²) in [6.45, 7) is 1.94. The van der Waals surface area contributed by atoms with E-state index in [0.29, 0.717) is 19.4 Å². The molecule has 0 unspecified atom stereocenters. The quantitative estimate of drug-likeness (QED) is 0.613. The maximum atomic E-state index is 14.7. The molecule has 130 valence electrons. The van der Waals surface area contributed by atoms with Crippen molar-refractivity contribution in [1.29, 1.82) is 5.26 Å². The number of hydrogen-bond donors (Lipinski definition) is 1. The molecule has 0 bridgehead atoms. The first-order chi connectivity index (χ1) is 11.9. The lowest BCUT2D eigenvalue weighted by Crippen LogP contribution is -2.53. The molecule has 2 amide bonds. The van der Waals surface area contributed by atoms with Crippen LogP contribution in [0.1, 0.15) is 25.3 Å². The Kier molecular flexibility index (Phi) is 4.39. The van der Waals surface area contributed by atoms with Gasteiger partial charge in [-0.2, -0.15) is 5.26 Å². The first-order valence-corrected chi connectivity index (χ1v) is 8.14. The minimum absolute atomic E-state index is 0.0101. The Balaban J connectivity index is 2.05. The van der Waals surface area contributed by atoms with Crippen LogP contribution < -0.4 is 5.32 Å². The van der Waals surface area contributed by atoms with Crippen molar-refractivity contribution < 1.29 is 18.7 Å². The summed E-state index contributed by atoms with van der Waals surface area (Å²) in [5.41, 5.74) is -0.923. The Morgan fingerprint density at radius 1 is 1.56 bits per heavy atom. The van der Waals surface area contributed by atoms with Gasteiger partial charge in [0.1, 0.15) is 11.6 Å². The number of rotatable bonds is 1. The molecule has 0 radical (unpaired) electrons. The molecule has 25 heavy (non-hydrogen) atoms. The smallest absolute Gasteiger partial charge is 0.412 e. The molecule has 8 heteroatoms. The van der Waals surface area contributed by atoms with Gasteiger partial charge in [0.15, 0.2) is 11.4 Å². The van der Waals surface area contributed by atoms with E-state index in [9.17, 15) is 14.0 Å². The number of benzene rings is 1. The molecule has 1 aromatic carbocycles. The molecule has 6 nitrogen and oxygen atoms in total. The van der Waals surface area contributed by atoms with E-state index >= 15 is 0 Å². The van der Waals surface area contributed by atoms with Gasteiger partial charge in [0.25, 0.3) is 5.91 Å². The molecule has 1 aromatic rings. The second kappa shape index (κ2) is 6.37. The average Bonchev–Trinajstić information content (AvgIpc) is 2.59. The number of carbonyl (C=O) groups is 2. The maximum Gasteiger partial charge on any atom is 0.412 e. The van der Waals surface area contributed by atoms with Crippen LogP contribution in [0, 0.1) is 17.1 Å². The van der Waals surface area contributed by atoms with Crippen LogP contribution in [-0.2, 0) is 15.1 Å². The molecular formula is C17H15ClFN3O3. The highest BCUT2D eigenvalue weighted by atomic mass is 35.5. The molecule has 1 saturated heterocycles. The van der Waals surface area contributed by atoms with E-state index in [0.717, 1.165) is 0 Å². The summed E-state index contributed by atoms with van der Waals surface area (Å²) in [5, 5.41) is 11.4. The molecule has 1 N–H and O–H groups in total. The topological polar surface area (TPSA) is 82.4 Å². The highest BCUT2D eigenvalue weighted by Crippen LogP contribution is 2.45. The largest absolute Gasteiger partial charge is 0.436 e. The lowest BCUT2D eigenvalue weighted by Gasteiger charge is -2.45. The van der Waals surface area contributed by atoms with E-state index in [-0.39, 0.29) is 28.4 Å². The minimum Gasteiger partial charge on any atom is -0.436 e. The van der Waals surface area contributed by atoms with Gasteiger partial charge in [0, 0.05) is 6.54 Å². The van der Waals surface area contributed by atoms with Crippen molar-refractivity contribution in [3.05, 3.63) is 40.2 Å². The van der Waals surface area contributed by atoms with Gasteiger partial charge in [0.2, 0.25) is 0 Å². The van der Waals surface area contributed by atoms with Gasteiger partial charge < -0.3 is 9.64 Å². The van der Waals surface area contributed by atoms with Gasteiger partial charge in [-0.15, -0.1) is 0 Å². The Morgan fingerprint density at radius 2 is 2.32 bits per heavy atom. The van der Waals surface area contributed by atoms with Crippen LogP contribution in [-0.4, -0.2) is 30.0 Å². The predicted octanol–water partition coefficient (Wildman–Crippen LogP) is 3.33. The fourth-order valence-corrected chi connectivity index (χ4v) is 3.51. The lowest BCUT2D eigenvalue weighted by atomic mass is 9.83. The average molecular weight is 364 g/mol. The van der Waals surface area contributed by atoms with Gasteiger partial charge in [-0.25, -0.2) is 9.18 Å². The zero-order chi connectivity index (χ0) is 18.2. The number of carbonyl (C=O) groups excluding carboxylic acids is 2. The summed E-state index contributed by atoms with van der Waals surface area (Å²) in [5.74, 6) is -1.15. The van der Waals surface area contributed by atoms with Crippen molar-refractivity contribution in [2.75, 3.05) is 18.4 Å². The number of nitrogens with zero attached hydrogens (tertiary/aromatic N) is 2. The molecule has 1 spiro atoms. The third kappa shape index (κ3) is 2.83. The van der Waals surface area contributed by atoms with Gasteiger partial charge in [-0.3, -0.25) is 10.1 Å². The van der Waals surface area contributed by atoms with Gasteiger partial charge in [-0.1, -0.05) is 17.7 Å². The minimum atomic E-state index is -1.32. The van der Waals surface area contributed by atoms with Crippen LogP contribution in [0.3, 0.4) is 0 Å². The van der Waals surface area contributed by atoms with Gasteiger partial charge in [-0.05, 0) is 31.9 Å². The summed E-state index contributed by atoms with van der Waals surface area (Å²) in [6.07, 6.45) is 1.55. The summed E-state index contributed by atoms with van der Waals surface area (Å²) < 4.78 is 20.2. The normalized spacial score (nSPS) is 22.7. The standard InChI is InChI=1S/C17H15ClFN3O3/c1-2-10(8-20)15(23)22-7-3-6-17(9-22)13-12(21-16(24)25-17)5-4-11(18)14(13)19/h2,4-5H,3,6-7,9H2,1H3,(H,21,24)/b10-2+/t17-/m0/s1. The highest BCUT2D eigenvalue weighted by Gasteiger charge is 2.48. The van der Waals surface area contributed by atoms with Crippen molar-refractivity contribution in [2.24, 2.45) is 0 Å². The van der Waals surface area contributed by atoms with Crippen molar-refractivity contribution in [1.82, 2.24) is 4.90 Å². The van der Waals surface area contributed by atoms with Crippen LogP contribution >= 0.6 is 11.6 Å². The van der Waals surface area contributed by atoms with Crippen molar-refractivity contribution >= 4 is 29.3 Å². The Hall–Kier alpha value is -2.59. The summed E-state index contributed by atoms with van der Waals surface area (Å²) in [7, 11) is 0. The fourth-order valence-electron chi connectivity index (χ4n) is 3.35. The first-order valence-electron chi connectivity index (χ1n) is 7.76. The third-order valence-electron chi connectivity index (χ3n) is 4.46. The van der Waals surface area contributed by atoms with Crippen molar-refractivity contribution in [3.63, 3.8) is 0 Å². The molecular weight excluding hydrogens is 349 g/mol. The lowest BCUT2D eigenvalue weighted by molar-refractivity contribution is -0.134. The van der Waals surface area contributed by atoms with Crippen molar-refractivity contribution in [2.45, 2.75) is 25.4 Å². The summed E-state index contributed by atoms with van der Waals surface area (Å²) in [4.78, 5) is 25.9. The second-order valence-electron chi connectivity index (χ2n) is 5.94.